The quantitative estimate of drug-likeness (QED) is 0.696. The Morgan fingerprint density at radius 1 is 1.57 bits per heavy atom. The minimum atomic E-state index is -1.93. The smallest absolute Gasteiger partial charge is 0.337 e. The van der Waals surface area contributed by atoms with Crippen LogP contribution < -0.4 is 5.56 Å². The van der Waals surface area contributed by atoms with Crippen molar-refractivity contribution in [2.75, 3.05) is 0 Å². The number of hydrogen-bond acceptors (Lipinski definition) is 3. The zero-order valence-electron chi connectivity index (χ0n) is 7.67. The average molecular weight is 197 g/mol. The SMILES string of the molecule is CC(O)(Cn1ccccc1=O)C(=O)O. The summed E-state index contributed by atoms with van der Waals surface area (Å²) in [6.07, 6.45) is 1.43. The molecule has 0 aromatic carbocycles. The van der Waals surface area contributed by atoms with Crippen LogP contribution in [0, 0.1) is 0 Å². The topological polar surface area (TPSA) is 79.5 Å². The standard InChI is InChI=1S/C9H11NO4/c1-9(14,8(12)13)6-10-5-3-2-4-7(10)11/h2-5,14H,6H2,1H3,(H,12,13). The molecule has 0 saturated heterocycles. The van der Waals surface area contributed by atoms with Gasteiger partial charge in [-0.05, 0) is 13.0 Å². The summed E-state index contributed by atoms with van der Waals surface area (Å²) in [6, 6.07) is 4.45. The number of aliphatic carboxylic acids is 1. The Kier molecular flexibility index (Phi) is 2.71. The summed E-state index contributed by atoms with van der Waals surface area (Å²) >= 11 is 0. The van der Waals surface area contributed by atoms with Crippen LogP contribution in [0.4, 0.5) is 0 Å². The molecule has 76 valence electrons. The highest BCUT2D eigenvalue weighted by Crippen LogP contribution is 2.05. The second-order valence-electron chi connectivity index (χ2n) is 3.25. The van der Waals surface area contributed by atoms with Crippen molar-refractivity contribution >= 4 is 5.97 Å². The predicted molar refractivity (Wildman–Crippen MR) is 49.0 cm³/mol. The first-order chi connectivity index (χ1) is 6.43. The van der Waals surface area contributed by atoms with Crippen LogP contribution in [-0.4, -0.2) is 26.4 Å². The molecule has 0 aliphatic rings. The minimum absolute atomic E-state index is 0.262. The normalized spacial score (nSPS) is 14.7. The summed E-state index contributed by atoms with van der Waals surface area (Å²) < 4.78 is 1.15. The Hall–Kier alpha value is -1.62. The maximum absolute atomic E-state index is 11.2. The Bertz CT molecular complexity index is 394. The first kappa shape index (κ1) is 10.5. The third-order valence-corrected chi connectivity index (χ3v) is 1.84. The molecule has 1 atom stereocenters. The maximum atomic E-state index is 11.2. The second-order valence-corrected chi connectivity index (χ2v) is 3.25. The lowest BCUT2D eigenvalue weighted by Crippen LogP contribution is -2.41. The van der Waals surface area contributed by atoms with Gasteiger partial charge in [-0.3, -0.25) is 4.79 Å². The largest absolute Gasteiger partial charge is 0.479 e. The van der Waals surface area contributed by atoms with E-state index >= 15 is 0 Å². The molecule has 0 aliphatic heterocycles. The number of nitrogens with zero attached hydrogens (tertiary/aromatic N) is 1. The molecule has 1 aromatic heterocycles. The molecule has 0 amide bonds. The van der Waals surface area contributed by atoms with Gasteiger partial charge in [0.15, 0.2) is 5.60 Å². The van der Waals surface area contributed by atoms with Gasteiger partial charge < -0.3 is 14.8 Å². The minimum Gasteiger partial charge on any atom is -0.479 e. The Morgan fingerprint density at radius 2 is 2.21 bits per heavy atom. The molecule has 2 N–H and O–H groups in total. The van der Waals surface area contributed by atoms with Gasteiger partial charge >= 0.3 is 5.97 Å². The maximum Gasteiger partial charge on any atom is 0.337 e. The first-order valence-corrected chi connectivity index (χ1v) is 4.05. The van der Waals surface area contributed by atoms with Gasteiger partial charge in [0.25, 0.3) is 5.56 Å². The first-order valence-electron chi connectivity index (χ1n) is 4.05. The number of rotatable bonds is 3. The highest BCUT2D eigenvalue weighted by Gasteiger charge is 2.30. The van der Waals surface area contributed by atoms with Crippen LogP contribution in [0.3, 0.4) is 0 Å². The number of hydrogen-bond donors (Lipinski definition) is 2. The summed E-state index contributed by atoms with van der Waals surface area (Å²) in [5, 5.41) is 18.0. The van der Waals surface area contributed by atoms with E-state index in [9.17, 15) is 14.7 Å². The summed E-state index contributed by atoms with van der Waals surface area (Å²) in [4.78, 5) is 21.7. The van der Waals surface area contributed by atoms with Crippen molar-refractivity contribution in [3.63, 3.8) is 0 Å². The van der Waals surface area contributed by atoms with Gasteiger partial charge in [-0.25, -0.2) is 4.79 Å². The zero-order chi connectivity index (χ0) is 10.8. The number of carboxylic acids is 1. The summed E-state index contributed by atoms with van der Waals surface area (Å²) in [5.74, 6) is -1.35. The van der Waals surface area contributed by atoms with Crippen molar-refractivity contribution in [3.8, 4) is 0 Å². The third kappa shape index (κ3) is 2.20. The lowest BCUT2D eigenvalue weighted by Gasteiger charge is -2.18. The lowest BCUT2D eigenvalue weighted by atomic mass is 10.1. The number of carboxylic acid groups (broad SMARTS) is 1. The Morgan fingerprint density at radius 3 is 2.71 bits per heavy atom. The van der Waals surface area contributed by atoms with Crippen molar-refractivity contribution in [2.24, 2.45) is 0 Å². The average Bonchev–Trinajstić information content (AvgIpc) is 2.08. The van der Waals surface area contributed by atoms with E-state index in [0.29, 0.717) is 0 Å². The van der Waals surface area contributed by atoms with Crippen molar-refractivity contribution in [2.45, 2.75) is 19.1 Å². The molecule has 1 rings (SSSR count). The van der Waals surface area contributed by atoms with E-state index in [1.54, 1.807) is 12.1 Å². The molecule has 1 aromatic rings. The predicted octanol–water partition coefficient (Wildman–Crippen LogP) is -0.316. The van der Waals surface area contributed by atoms with Crippen molar-refractivity contribution in [1.29, 1.82) is 0 Å². The summed E-state index contributed by atoms with van der Waals surface area (Å²) in [5.41, 5.74) is -2.26. The van der Waals surface area contributed by atoms with Gasteiger partial charge in [0, 0.05) is 12.3 Å². The fraction of sp³-hybridized carbons (Fsp3) is 0.333. The molecule has 0 spiro atoms. The van der Waals surface area contributed by atoms with Crippen LogP contribution in [0.5, 0.6) is 0 Å². The molecule has 0 aliphatic carbocycles. The molecule has 1 heterocycles. The van der Waals surface area contributed by atoms with Gasteiger partial charge in [-0.15, -0.1) is 0 Å². The molecule has 14 heavy (non-hydrogen) atoms. The second kappa shape index (κ2) is 3.63. The molecule has 0 fully saturated rings. The number of aliphatic hydroxyl groups is 1. The number of pyridine rings is 1. The highest BCUT2D eigenvalue weighted by atomic mass is 16.4. The molecule has 0 saturated carbocycles. The van der Waals surface area contributed by atoms with Gasteiger partial charge in [-0.2, -0.15) is 0 Å². The Balaban J connectivity index is 2.95. The van der Waals surface area contributed by atoms with Gasteiger partial charge in [0.1, 0.15) is 0 Å². The summed E-state index contributed by atoms with van der Waals surface area (Å²) in [7, 11) is 0. The molecule has 0 radical (unpaired) electrons. The van der Waals surface area contributed by atoms with Crippen molar-refractivity contribution < 1.29 is 15.0 Å². The monoisotopic (exact) mass is 197 g/mol. The molecule has 0 bridgehead atoms. The van der Waals surface area contributed by atoms with E-state index in [0.717, 1.165) is 11.5 Å². The van der Waals surface area contributed by atoms with Crippen LogP contribution in [0.2, 0.25) is 0 Å². The number of aromatic nitrogens is 1. The van der Waals surface area contributed by atoms with E-state index in [4.69, 9.17) is 5.11 Å². The van der Waals surface area contributed by atoms with Crippen LogP contribution in [0.1, 0.15) is 6.92 Å². The molecule has 5 nitrogen and oxygen atoms in total. The van der Waals surface area contributed by atoms with Gasteiger partial charge in [0.05, 0.1) is 6.54 Å². The fourth-order valence-electron chi connectivity index (χ4n) is 0.991. The van der Waals surface area contributed by atoms with E-state index in [-0.39, 0.29) is 12.1 Å². The van der Waals surface area contributed by atoms with Crippen molar-refractivity contribution in [3.05, 3.63) is 34.7 Å². The van der Waals surface area contributed by atoms with Crippen LogP contribution in [0.15, 0.2) is 29.2 Å². The van der Waals surface area contributed by atoms with E-state index < -0.39 is 11.6 Å². The van der Waals surface area contributed by atoms with E-state index in [1.165, 1.54) is 12.3 Å². The Labute approximate surface area is 80.2 Å². The third-order valence-electron chi connectivity index (χ3n) is 1.84. The molecule has 5 heteroatoms. The highest BCUT2D eigenvalue weighted by molar-refractivity contribution is 5.76. The van der Waals surface area contributed by atoms with Crippen molar-refractivity contribution in [1.82, 2.24) is 4.57 Å². The number of carbonyl (C=O) groups is 1. The zero-order valence-corrected chi connectivity index (χ0v) is 7.67. The fourth-order valence-corrected chi connectivity index (χ4v) is 0.991. The molecular formula is C9H11NO4. The van der Waals surface area contributed by atoms with Crippen LogP contribution >= 0.6 is 0 Å². The van der Waals surface area contributed by atoms with Crippen LogP contribution in [0.25, 0.3) is 0 Å². The van der Waals surface area contributed by atoms with E-state index in [2.05, 4.69) is 0 Å². The van der Waals surface area contributed by atoms with Gasteiger partial charge in [0.2, 0.25) is 0 Å². The summed E-state index contributed by atoms with van der Waals surface area (Å²) in [6.45, 7) is 0.886. The van der Waals surface area contributed by atoms with Gasteiger partial charge in [-0.1, -0.05) is 6.07 Å². The molecular weight excluding hydrogens is 186 g/mol. The van der Waals surface area contributed by atoms with E-state index in [1.807, 2.05) is 0 Å². The molecule has 1 unspecified atom stereocenters. The lowest BCUT2D eigenvalue weighted by molar-refractivity contribution is -0.157. The van der Waals surface area contributed by atoms with Crippen LogP contribution in [-0.2, 0) is 11.3 Å².